The number of hydrogen-bond acceptors (Lipinski definition) is 2. The van der Waals surface area contributed by atoms with Gasteiger partial charge in [-0.1, -0.05) is 46.3 Å². The first-order valence-electron chi connectivity index (χ1n) is 4.73. The lowest BCUT2D eigenvalue weighted by atomic mass is 10.0. The molecule has 0 N–H and O–H groups in total. The molecular weight excluding hydrogens is 264 g/mol. The summed E-state index contributed by atoms with van der Waals surface area (Å²) in [5, 5.41) is 17.4. The number of nitriles is 2. The van der Waals surface area contributed by atoms with Crippen LogP contribution in [0.5, 0.6) is 0 Å². The monoisotopic (exact) mass is 270 g/mol. The molecule has 76 valence electrons. The number of benzene rings is 1. The number of rotatable bonds is 1. The Morgan fingerprint density at radius 2 is 1.94 bits per heavy atom. The Labute approximate surface area is 102 Å². The molecule has 2 rings (SSSR count). The zero-order valence-electron chi connectivity index (χ0n) is 8.31. The average Bonchev–Trinajstić information content (AvgIpc) is 2.64. The molecule has 0 aliphatic heterocycles. The predicted octanol–water partition coefficient (Wildman–Crippen LogP) is 3.49. The van der Waals surface area contributed by atoms with Crippen LogP contribution in [0.2, 0.25) is 0 Å². The minimum atomic E-state index is 0.127. The predicted molar refractivity (Wildman–Crippen MR) is 65.4 cm³/mol. The summed E-state index contributed by atoms with van der Waals surface area (Å²) in [5.74, 6) is 0. The molecule has 0 aromatic heterocycles. The summed E-state index contributed by atoms with van der Waals surface area (Å²) in [6, 6.07) is 11.7. The van der Waals surface area contributed by atoms with Crippen LogP contribution in [0.25, 0.3) is 5.57 Å². The van der Waals surface area contributed by atoms with Gasteiger partial charge in [0.15, 0.2) is 0 Å². The smallest absolute Gasteiger partial charge is 0.130 e. The van der Waals surface area contributed by atoms with Gasteiger partial charge in [-0.3, -0.25) is 0 Å². The maximum absolute atomic E-state index is 8.72. The SMILES string of the molecule is N#CC(C#N)=CC1=C[C@H](Br)c2ccccc21. The van der Waals surface area contributed by atoms with Crippen molar-refractivity contribution in [3.63, 3.8) is 0 Å². The normalized spacial score (nSPS) is 16.7. The van der Waals surface area contributed by atoms with E-state index in [-0.39, 0.29) is 10.4 Å². The lowest BCUT2D eigenvalue weighted by molar-refractivity contribution is 1.29. The highest BCUT2D eigenvalue weighted by Gasteiger charge is 2.19. The quantitative estimate of drug-likeness (QED) is 0.579. The molecule has 1 aliphatic rings. The summed E-state index contributed by atoms with van der Waals surface area (Å²) >= 11 is 3.54. The molecule has 0 fully saturated rings. The molecule has 0 saturated heterocycles. The Hall–Kier alpha value is -1.84. The van der Waals surface area contributed by atoms with Crippen LogP contribution < -0.4 is 0 Å². The molecule has 1 atom stereocenters. The number of allylic oxidation sites excluding steroid dienone is 4. The van der Waals surface area contributed by atoms with Crippen LogP contribution >= 0.6 is 15.9 Å². The molecule has 1 aromatic rings. The molecule has 16 heavy (non-hydrogen) atoms. The molecule has 0 bridgehead atoms. The first-order chi connectivity index (χ1) is 7.76. The zero-order chi connectivity index (χ0) is 11.5. The second-order valence-corrected chi connectivity index (χ2v) is 4.38. The topological polar surface area (TPSA) is 47.6 Å². The minimum Gasteiger partial charge on any atom is -0.192 e. The van der Waals surface area contributed by atoms with Gasteiger partial charge in [-0.15, -0.1) is 0 Å². The third-order valence-corrected chi connectivity index (χ3v) is 3.19. The van der Waals surface area contributed by atoms with E-state index in [1.807, 2.05) is 42.5 Å². The van der Waals surface area contributed by atoms with Crippen LogP contribution in [0, 0.1) is 22.7 Å². The summed E-state index contributed by atoms with van der Waals surface area (Å²) in [6.07, 6.45) is 3.62. The van der Waals surface area contributed by atoms with Crippen LogP contribution in [0.15, 0.2) is 42.0 Å². The number of fused-ring (bicyclic) bond motifs is 1. The number of hydrogen-bond donors (Lipinski definition) is 0. The second kappa shape index (κ2) is 4.35. The second-order valence-electron chi connectivity index (χ2n) is 3.39. The fourth-order valence-electron chi connectivity index (χ4n) is 1.71. The molecule has 0 saturated carbocycles. The highest BCUT2D eigenvalue weighted by molar-refractivity contribution is 9.09. The van der Waals surface area contributed by atoms with E-state index in [1.54, 1.807) is 6.08 Å². The van der Waals surface area contributed by atoms with E-state index in [4.69, 9.17) is 10.5 Å². The van der Waals surface area contributed by atoms with Crippen molar-refractivity contribution in [2.45, 2.75) is 4.83 Å². The molecule has 0 amide bonds. The van der Waals surface area contributed by atoms with E-state index >= 15 is 0 Å². The maximum Gasteiger partial charge on any atom is 0.130 e. The largest absolute Gasteiger partial charge is 0.192 e. The van der Waals surface area contributed by atoms with E-state index in [1.165, 1.54) is 5.56 Å². The summed E-state index contributed by atoms with van der Waals surface area (Å²) in [6.45, 7) is 0. The third kappa shape index (κ3) is 1.78. The van der Waals surface area contributed by atoms with E-state index in [2.05, 4.69) is 15.9 Å². The van der Waals surface area contributed by atoms with Crippen molar-refractivity contribution in [1.82, 2.24) is 0 Å². The van der Waals surface area contributed by atoms with Gasteiger partial charge in [0.1, 0.15) is 17.7 Å². The average molecular weight is 271 g/mol. The number of alkyl halides is 1. The van der Waals surface area contributed by atoms with Crippen molar-refractivity contribution in [2.75, 3.05) is 0 Å². The van der Waals surface area contributed by atoms with Gasteiger partial charge in [0.05, 0.1) is 4.83 Å². The van der Waals surface area contributed by atoms with Crippen molar-refractivity contribution in [3.05, 3.63) is 53.1 Å². The van der Waals surface area contributed by atoms with E-state index in [9.17, 15) is 0 Å². The van der Waals surface area contributed by atoms with Gasteiger partial charge in [-0.25, -0.2) is 0 Å². The van der Waals surface area contributed by atoms with Crippen molar-refractivity contribution in [3.8, 4) is 12.1 Å². The lowest BCUT2D eigenvalue weighted by Gasteiger charge is -2.02. The standard InChI is InChI=1S/C13H7BrN2/c14-13-6-10(5-9(7-15)8-16)11-3-1-2-4-12(11)13/h1-6,13H/t13-/m0/s1. The van der Waals surface area contributed by atoms with E-state index in [0.717, 1.165) is 11.1 Å². The Balaban J connectivity index is 2.49. The van der Waals surface area contributed by atoms with Gasteiger partial charge in [0.2, 0.25) is 0 Å². The van der Waals surface area contributed by atoms with Crippen molar-refractivity contribution in [1.29, 1.82) is 10.5 Å². The lowest BCUT2D eigenvalue weighted by Crippen LogP contribution is -1.84. The highest BCUT2D eigenvalue weighted by atomic mass is 79.9. The number of nitrogens with zero attached hydrogens (tertiary/aromatic N) is 2. The molecule has 0 unspecified atom stereocenters. The van der Waals surface area contributed by atoms with Crippen molar-refractivity contribution >= 4 is 21.5 Å². The first-order valence-corrected chi connectivity index (χ1v) is 5.65. The first kappa shape index (κ1) is 10.7. The van der Waals surface area contributed by atoms with Gasteiger partial charge < -0.3 is 0 Å². The van der Waals surface area contributed by atoms with E-state index in [0.29, 0.717) is 0 Å². The summed E-state index contributed by atoms with van der Waals surface area (Å²) in [5.41, 5.74) is 3.30. The van der Waals surface area contributed by atoms with Crippen molar-refractivity contribution in [2.24, 2.45) is 0 Å². The fourth-order valence-corrected chi connectivity index (χ4v) is 2.39. The molecule has 0 radical (unpaired) electrons. The van der Waals surface area contributed by atoms with Crippen LogP contribution in [0.4, 0.5) is 0 Å². The zero-order valence-corrected chi connectivity index (χ0v) is 9.90. The molecule has 2 nitrogen and oxygen atoms in total. The van der Waals surface area contributed by atoms with Gasteiger partial charge in [0.25, 0.3) is 0 Å². The fraction of sp³-hybridized carbons (Fsp3) is 0.0769. The van der Waals surface area contributed by atoms with Crippen LogP contribution in [0.3, 0.4) is 0 Å². The Morgan fingerprint density at radius 1 is 1.25 bits per heavy atom. The maximum atomic E-state index is 8.72. The Bertz CT molecular complexity index is 554. The molecular formula is C13H7BrN2. The van der Waals surface area contributed by atoms with Gasteiger partial charge >= 0.3 is 0 Å². The van der Waals surface area contributed by atoms with Crippen LogP contribution in [0.1, 0.15) is 16.0 Å². The summed E-state index contributed by atoms with van der Waals surface area (Å²) in [7, 11) is 0. The van der Waals surface area contributed by atoms with Gasteiger partial charge in [0, 0.05) is 0 Å². The molecule has 1 aromatic carbocycles. The molecule has 1 aliphatic carbocycles. The Morgan fingerprint density at radius 3 is 2.62 bits per heavy atom. The highest BCUT2D eigenvalue weighted by Crippen LogP contribution is 2.40. The molecule has 0 spiro atoms. The van der Waals surface area contributed by atoms with Gasteiger partial charge in [-0.05, 0) is 22.8 Å². The molecule has 3 heteroatoms. The van der Waals surface area contributed by atoms with E-state index < -0.39 is 0 Å². The summed E-state index contributed by atoms with van der Waals surface area (Å²) < 4.78 is 0. The summed E-state index contributed by atoms with van der Waals surface area (Å²) in [4.78, 5) is 0.161. The van der Waals surface area contributed by atoms with Crippen molar-refractivity contribution < 1.29 is 0 Å². The van der Waals surface area contributed by atoms with Crippen LogP contribution in [-0.4, -0.2) is 0 Å². The van der Waals surface area contributed by atoms with Crippen LogP contribution in [-0.2, 0) is 0 Å². The Kier molecular flexibility index (Phi) is 2.90. The minimum absolute atomic E-state index is 0.127. The molecule has 0 heterocycles. The third-order valence-electron chi connectivity index (χ3n) is 2.44. The van der Waals surface area contributed by atoms with Gasteiger partial charge in [-0.2, -0.15) is 10.5 Å². The number of halogens is 1.